The molecule has 0 fully saturated rings. The molecule has 1 heterocycles. The van der Waals surface area contributed by atoms with Crippen molar-refractivity contribution < 1.29 is 9.90 Å². The van der Waals surface area contributed by atoms with Crippen molar-refractivity contribution in [2.75, 3.05) is 26.2 Å². The minimum atomic E-state index is -0.128. The number of amides is 1. The largest absolute Gasteiger partial charge is 0.394 e. The van der Waals surface area contributed by atoms with Gasteiger partial charge in [-0.3, -0.25) is 4.79 Å². The average Bonchev–Trinajstić information content (AvgIpc) is 2.30. The Morgan fingerprint density at radius 2 is 2.25 bits per heavy atom. The number of aliphatic hydroxyl groups excluding tert-OH is 1. The van der Waals surface area contributed by atoms with Gasteiger partial charge in [0.1, 0.15) is 0 Å². The molecule has 0 aromatic heterocycles. The van der Waals surface area contributed by atoms with E-state index in [1.165, 1.54) is 0 Å². The lowest BCUT2D eigenvalue weighted by Crippen LogP contribution is -2.46. The highest BCUT2D eigenvalue weighted by molar-refractivity contribution is 9.11. The molecule has 0 aliphatic carbocycles. The SMILES string of the molecule is CCN(CC)C(=O)C1C=C(Br)C(CO)NC1. The monoisotopic (exact) mass is 290 g/mol. The van der Waals surface area contributed by atoms with E-state index in [9.17, 15) is 4.79 Å². The molecule has 0 spiro atoms. The highest BCUT2D eigenvalue weighted by Gasteiger charge is 2.27. The standard InChI is InChI=1S/C11H19BrN2O2/c1-3-14(4-2)11(16)8-5-9(12)10(7-15)13-6-8/h5,8,10,13,15H,3-4,6-7H2,1-2H3. The third-order valence-corrected chi connectivity index (χ3v) is 3.67. The van der Waals surface area contributed by atoms with Gasteiger partial charge in [-0.05, 0) is 13.8 Å². The molecule has 1 aliphatic rings. The molecule has 0 radical (unpaired) electrons. The van der Waals surface area contributed by atoms with Crippen molar-refractivity contribution >= 4 is 21.8 Å². The molecule has 16 heavy (non-hydrogen) atoms. The van der Waals surface area contributed by atoms with Gasteiger partial charge >= 0.3 is 0 Å². The fourth-order valence-corrected chi connectivity index (χ4v) is 2.44. The third kappa shape index (κ3) is 3.06. The number of halogens is 1. The smallest absolute Gasteiger partial charge is 0.230 e. The van der Waals surface area contributed by atoms with Crippen molar-refractivity contribution in [1.29, 1.82) is 0 Å². The first kappa shape index (κ1) is 13.7. The van der Waals surface area contributed by atoms with E-state index in [0.29, 0.717) is 6.54 Å². The molecule has 0 aromatic rings. The maximum atomic E-state index is 12.1. The van der Waals surface area contributed by atoms with Gasteiger partial charge in [0.2, 0.25) is 5.91 Å². The predicted octanol–water partition coefficient (Wildman–Crippen LogP) is 0.714. The Labute approximate surface area is 105 Å². The summed E-state index contributed by atoms with van der Waals surface area (Å²) >= 11 is 3.38. The molecule has 1 amide bonds. The van der Waals surface area contributed by atoms with Crippen LogP contribution in [0.4, 0.5) is 0 Å². The van der Waals surface area contributed by atoms with Crippen molar-refractivity contribution in [2.24, 2.45) is 5.92 Å². The highest BCUT2D eigenvalue weighted by atomic mass is 79.9. The van der Waals surface area contributed by atoms with Crippen molar-refractivity contribution in [1.82, 2.24) is 10.2 Å². The molecule has 2 unspecified atom stereocenters. The van der Waals surface area contributed by atoms with Gasteiger partial charge < -0.3 is 15.3 Å². The van der Waals surface area contributed by atoms with Crippen LogP contribution in [0.5, 0.6) is 0 Å². The number of hydrogen-bond donors (Lipinski definition) is 2. The van der Waals surface area contributed by atoms with E-state index < -0.39 is 0 Å². The molecule has 0 aromatic carbocycles. The van der Waals surface area contributed by atoms with Gasteiger partial charge in [-0.1, -0.05) is 22.0 Å². The maximum absolute atomic E-state index is 12.1. The zero-order valence-electron chi connectivity index (χ0n) is 9.74. The topological polar surface area (TPSA) is 52.6 Å². The van der Waals surface area contributed by atoms with Crippen LogP contribution in [-0.4, -0.2) is 48.2 Å². The van der Waals surface area contributed by atoms with Crippen LogP contribution in [0.25, 0.3) is 0 Å². The van der Waals surface area contributed by atoms with Crippen LogP contribution in [0.1, 0.15) is 13.8 Å². The predicted molar refractivity (Wildman–Crippen MR) is 67.3 cm³/mol. The highest BCUT2D eigenvalue weighted by Crippen LogP contribution is 2.20. The van der Waals surface area contributed by atoms with Crippen LogP contribution in [0, 0.1) is 5.92 Å². The van der Waals surface area contributed by atoms with E-state index in [1.54, 1.807) is 0 Å². The number of nitrogens with zero attached hydrogens (tertiary/aromatic N) is 1. The van der Waals surface area contributed by atoms with Crippen LogP contribution in [0.15, 0.2) is 10.6 Å². The summed E-state index contributed by atoms with van der Waals surface area (Å²) in [6, 6.07) is -0.0687. The van der Waals surface area contributed by atoms with Gasteiger partial charge in [0.05, 0.1) is 18.6 Å². The molecular formula is C11H19BrN2O2. The number of carbonyl (C=O) groups excluding carboxylic acids is 1. The van der Waals surface area contributed by atoms with E-state index >= 15 is 0 Å². The van der Waals surface area contributed by atoms with E-state index in [1.807, 2.05) is 24.8 Å². The van der Waals surface area contributed by atoms with Crippen molar-refractivity contribution in [3.05, 3.63) is 10.6 Å². The minimum absolute atomic E-state index is 0.0449. The van der Waals surface area contributed by atoms with E-state index in [0.717, 1.165) is 17.6 Å². The fourth-order valence-electron chi connectivity index (χ4n) is 1.81. The second-order valence-corrected chi connectivity index (χ2v) is 4.73. The number of rotatable bonds is 4. The summed E-state index contributed by atoms with van der Waals surface area (Å²) in [5.41, 5.74) is 0. The summed E-state index contributed by atoms with van der Waals surface area (Å²) in [5, 5.41) is 12.2. The third-order valence-electron chi connectivity index (χ3n) is 2.85. The first-order valence-electron chi connectivity index (χ1n) is 5.64. The molecule has 1 rings (SSSR count). The van der Waals surface area contributed by atoms with Crippen LogP contribution < -0.4 is 5.32 Å². The molecule has 2 atom stereocenters. The summed E-state index contributed by atoms with van der Waals surface area (Å²) in [6.45, 7) is 6.07. The normalized spacial score (nSPS) is 25.1. The summed E-state index contributed by atoms with van der Waals surface area (Å²) in [6.07, 6.45) is 1.90. The van der Waals surface area contributed by atoms with E-state index in [2.05, 4.69) is 21.2 Å². The quantitative estimate of drug-likeness (QED) is 0.802. The maximum Gasteiger partial charge on any atom is 0.230 e. The lowest BCUT2D eigenvalue weighted by atomic mass is 10.0. The number of carbonyl (C=O) groups is 1. The van der Waals surface area contributed by atoms with Crippen molar-refractivity contribution in [2.45, 2.75) is 19.9 Å². The Kier molecular flexibility index (Phi) is 5.44. The molecular weight excluding hydrogens is 272 g/mol. The Hall–Kier alpha value is -0.390. The van der Waals surface area contributed by atoms with Crippen LogP contribution >= 0.6 is 15.9 Å². The molecule has 92 valence electrons. The molecule has 5 heteroatoms. The molecule has 2 N–H and O–H groups in total. The lowest BCUT2D eigenvalue weighted by molar-refractivity contribution is -0.133. The van der Waals surface area contributed by atoms with Crippen molar-refractivity contribution in [3.63, 3.8) is 0 Å². The zero-order chi connectivity index (χ0) is 12.1. The zero-order valence-corrected chi connectivity index (χ0v) is 11.3. The number of hydrogen-bond acceptors (Lipinski definition) is 3. The summed E-state index contributed by atoms with van der Waals surface area (Å²) < 4.78 is 0.867. The van der Waals surface area contributed by atoms with Gasteiger partial charge in [-0.15, -0.1) is 0 Å². The van der Waals surface area contributed by atoms with Crippen LogP contribution in [0.3, 0.4) is 0 Å². The Bertz CT molecular complexity index is 277. The molecule has 0 saturated carbocycles. The first-order valence-corrected chi connectivity index (χ1v) is 6.43. The molecule has 0 saturated heterocycles. The van der Waals surface area contributed by atoms with Gasteiger partial charge in [0.25, 0.3) is 0 Å². The second kappa shape index (κ2) is 6.37. The second-order valence-electron chi connectivity index (χ2n) is 3.81. The Morgan fingerprint density at radius 1 is 1.62 bits per heavy atom. The molecule has 0 bridgehead atoms. The Morgan fingerprint density at radius 3 is 2.69 bits per heavy atom. The summed E-state index contributed by atoms with van der Waals surface area (Å²) in [5.74, 6) is 0.0166. The fraction of sp³-hybridized carbons (Fsp3) is 0.727. The molecule has 1 aliphatic heterocycles. The summed E-state index contributed by atoms with van der Waals surface area (Å²) in [4.78, 5) is 13.9. The number of aliphatic hydroxyl groups is 1. The summed E-state index contributed by atoms with van der Waals surface area (Å²) in [7, 11) is 0. The van der Waals surface area contributed by atoms with Gasteiger partial charge in [-0.2, -0.15) is 0 Å². The minimum Gasteiger partial charge on any atom is -0.394 e. The van der Waals surface area contributed by atoms with Gasteiger partial charge in [0.15, 0.2) is 0 Å². The van der Waals surface area contributed by atoms with Crippen molar-refractivity contribution in [3.8, 4) is 0 Å². The number of nitrogens with one attached hydrogen (secondary N) is 1. The van der Waals surface area contributed by atoms with E-state index in [-0.39, 0.29) is 24.5 Å². The van der Waals surface area contributed by atoms with Gasteiger partial charge in [0, 0.05) is 24.1 Å². The van der Waals surface area contributed by atoms with Crippen LogP contribution in [-0.2, 0) is 4.79 Å². The first-order chi connectivity index (χ1) is 7.63. The lowest BCUT2D eigenvalue weighted by Gasteiger charge is -2.29. The van der Waals surface area contributed by atoms with Crippen LogP contribution in [0.2, 0.25) is 0 Å². The van der Waals surface area contributed by atoms with Gasteiger partial charge in [-0.25, -0.2) is 0 Å². The Balaban J connectivity index is 2.69. The van der Waals surface area contributed by atoms with E-state index in [4.69, 9.17) is 5.11 Å². The molecule has 4 nitrogen and oxygen atoms in total. The average molecular weight is 291 g/mol.